The predicted octanol–water partition coefficient (Wildman–Crippen LogP) is 5.81. The van der Waals surface area contributed by atoms with Crippen molar-refractivity contribution in [3.8, 4) is 0 Å². The summed E-state index contributed by atoms with van der Waals surface area (Å²) in [4.78, 5) is 14.4. The monoisotopic (exact) mass is 537 g/mol. The van der Waals surface area contributed by atoms with Gasteiger partial charge in [-0.25, -0.2) is 4.79 Å². The quantitative estimate of drug-likeness (QED) is 0.237. The number of hydrogen-bond donors (Lipinski definition) is 0. The predicted molar refractivity (Wildman–Crippen MR) is 128 cm³/mol. The third kappa shape index (κ3) is 7.47. The van der Waals surface area contributed by atoms with Crippen molar-refractivity contribution >= 4 is 24.5 Å². The second kappa shape index (κ2) is 10.9. The van der Waals surface area contributed by atoms with Gasteiger partial charge in [-0.1, -0.05) is 58.0 Å². The van der Waals surface area contributed by atoms with E-state index in [0.29, 0.717) is 0 Å². The van der Waals surface area contributed by atoms with Crippen LogP contribution in [0.25, 0.3) is 0 Å². The first-order valence-corrected chi connectivity index (χ1v) is 15.6. The maximum absolute atomic E-state index is 13.0. The molecule has 1 aromatic rings. The Bertz CT molecular complexity index is 1010. The average Bonchev–Trinajstić information content (AvgIpc) is 2.75. The molecule has 7 nitrogen and oxygen atoms in total. The van der Waals surface area contributed by atoms with E-state index in [2.05, 4.69) is 4.18 Å². The lowest BCUT2D eigenvalue weighted by Crippen LogP contribution is -2.51. The van der Waals surface area contributed by atoms with Crippen LogP contribution in [0.15, 0.2) is 42.2 Å². The fraction of sp³-hybridized carbons (Fsp3) is 0.609. The highest BCUT2D eigenvalue weighted by molar-refractivity contribution is 7.87. The Labute approximate surface area is 206 Å². The van der Waals surface area contributed by atoms with Crippen molar-refractivity contribution in [1.82, 2.24) is 4.90 Å². The van der Waals surface area contributed by atoms with Crippen LogP contribution in [0.2, 0.25) is 18.1 Å². The van der Waals surface area contributed by atoms with Crippen molar-refractivity contribution in [1.29, 1.82) is 0 Å². The SMILES string of the molecule is CCC1CN(C(=O)OCc2ccccc2)C(CO[Si](C)(C)C(C)(C)C)C=C1OS(=O)(=O)C(F)(F)F. The molecule has 1 aliphatic rings. The molecule has 0 spiro atoms. The van der Waals surface area contributed by atoms with Gasteiger partial charge < -0.3 is 13.3 Å². The second-order valence-electron chi connectivity index (χ2n) is 9.99. The maximum atomic E-state index is 13.0. The van der Waals surface area contributed by atoms with Gasteiger partial charge in [0.1, 0.15) is 12.4 Å². The van der Waals surface area contributed by atoms with E-state index in [4.69, 9.17) is 9.16 Å². The number of hydrogen-bond acceptors (Lipinski definition) is 6. The number of carbonyl (C=O) groups is 1. The molecule has 35 heavy (non-hydrogen) atoms. The first kappa shape index (κ1) is 29.2. The van der Waals surface area contributed by atoms with Crippen molar-refractivity contribution in [2.24, 2.45) is 5.92 Å². The van der Waals surface area contributed by atoms with E-state index in [1.165, 1.54) is 11.0 Å². The number of halogens is 3. The van der Waals surface area contributed by atoms with Crippen LogP contribution in [-0.4, -0.2) is 52.4 Å². The standard InChI is InChI=1S/C23H34F3NO6SSi/c1-7-18-14-27(21(28)31-15-17-11-9-8-10-12-17)19(16-32-35(5,6)22(2,3)4)13-20(18)33-34(29,30)23(24,25)26/h8-13,18-19H,7,14-16H2,1-6H3. The molecule has 2 rings (SSSR count). The molecule has 1 aliphatic heterocycles. The number of amides is 1. The Balaban J connectivity index is 2.34. The van der Waals surface area contributed by atoms with Gasteiger partial charge in [0.25, 0.3) is 0 Å². The van der Waals surface area contributed by atoms with E-state index in [1.807, 2.05) is 39.9 Å². The van der Waals surface area contributed by atoms with Gasteiger partial charge in [-0.05, 0) is 36.2 Å². The number of ether oxygens (including phenoxy) is 1. The molecule has 0 saturated heterocycles. The van der Waals surface area contributed by atoms with Gasteiger partial charge in [0.2, 0.25) is 0 Å². The molecule has 1 heterocycles. The van der Waals surface area contributed by atoms with Crippen LogP contribution < -0.4 is 0 Å². The van der Waals surface area contributed by atoms with Gasteiger partial charge in [0.15, 0.2) is 8.32 Å². The number of rotatable bonds is 8. The van der Waals surface area contributed by atoms with Gasteiger partial charge >= 0.3 is 21.7 Å². The van der Waals surface area contributed by atoms with Crippen molar-refractivity contribution in [2.45, 2.75) is 70.4 Å². The first-order valence-electron chi connectivity index (χ1n) is 11.3. The van der Waals surface area contributed by atoms with Crippen molar-refractivity contribution in [3.63, 3.8) is 0 Å². The summed E-state index contributed by atoms with van der Waals surface area (Å²) in [5.74, 6) is -1.11. The van der Waals surface area contributed by atoms with Crippen LogP contribution >= 0.6 is 0 Å². The zero-order valence-electron chi connectivity index (χ0n) is 20.9. The number of benzene rings is 1. The molecule has 1 amide bonds. The van der Waals surface area contributed by atoms with Crippen molar-refractivity contribution in [3.05, 3.63) is 47.7 Å². The Morgan fingerprint density at radius 1 is 1.14 bits per heavy atom. The molecule has 0 aromatic heterocycles. The second-order valence-corrected chi connectivity index (χ2v) is 16.3. The van der Waals surface area contributed by atoms with Gasteiger partial charge in [0.05, 0.1) is 12.6 Å². The van der Waals surface area contributed by atoms with Gasteiger partial charge in [-0.3, -0.25) is 4.90 Å². The van der Waals surface area contributed by atoms with Gasteiger partial charge in [0, 0.05) is 12.5 Å². The number of nitrogens with zero attached hydrogens (tertiary/aromatic N) is 1. The lowest BCUT2D eigenvalue weighted by Gasteiger charge is -2.41. The largest absolute Gasteiger partial charge is 0.534 e. The van der Waals surface area contributed by atoms with Crippen LogP contribution in [0.3, 0.4) is 0 Å². The normalized spacial score (nSPS) is 19.8. The van der Waals surface area contributed by atoms with Gasteiger partial charge in [-0.2, -0.15) is 21.6 Å². The van der Waals surface area contributed by atoms with E-state index in [1.54, 1.807) is 31.2 Å². The Hall–Kier alpha value is -2.05. The molecular formula is C23H34F3NO6SSi. The lowest BCUT2D eigenvalue weighted by atomic mass is 9.96. The van der Waals surface area contributed by atoms with Crippen molar-refractivity contribution in [2.75, 3.05) is 13.2 Å². The summed E-state index contributed by atoms with van der Waals surface area (Å²) in [5, 5.41) is -0.158. The highest BCUT2D eigenvalue weighted by Crippen LogP contribution is 2.38. The Morgan fingerprint density at radius 3 is 2.26 bits per heavy atom. The van der Waals surface area contributed by atoms with Gasteiger partial charge in [-0.15, -0.1) is 0 Å². The lowest BCUT2D eigenvalue weighted by molar-refractivity contribution is -0.0532. The highest BCUT2D eigenvalue weighted by Gasteiger charge is 2.50. The molecule has 0 saturated carbocycles. The van der Waals surface area contributed by atoms with Crippen LogP contribution in [0.1, 0.15) is 39.7 Å². The number of alkyl halides is 3. The minimum Gasteiger partial charge on any atom is -0.445 e. The van der Waals surface area contributed by atoms with Crippen LogP contribution in [-0.2, 0) is 30.1 Å². The fourth-order valence-electron chi connectivity index (χ4n) is 3.14. The summed E-state index contributed by atoms with van der Waals surface area (Å²) in [6, 6.07) is 8.17. The van der Waals surface area contributed by atoms with E-state index in [9.17, 15) is 26.4 Å². The summed E-state index contributed by atoms with van der Waals surface area (Å²) in [7, 11) is -8.15. The molecule has 0 fully saturated rings. The zero-order valence-corrected chi connectivity index (χ0v) is 22.7. The molecule has 1 aromatic carbocycles. The summed E-state index contributed by atoms with van der Waals surface area (Å²) in [6.07, 6.45) is 0.806. The van der Waals surface area contributed by atoms with E-state index in [0.717, 1.165) is 5.56 Å². The molecule has 0 aliphatic carbocycles. The van der Waals surface area contributed by atoms with Crippen LogP contribution in [0, 0.1) is 5.92 Å². The molecule has 198 valence electrons. The molecule has 0 radical (unpaired) electrons. The minimum absolute atomic E-state index is 0.0122. The third-order valence-electron chi connectivity index (χ3n) is 6.42. The molecule has 2 unspecified atom stereocenters. The first-order chi connectivity index (χ1) is 16.0. The summed E-state index contributed by atoms with van der Waals surface area (Å²) >= 11 is 0. The average molecular weight is 538 g/mol. The Kier molecular flexibility index (Phi) is 9.10. The minimum atomic E-state index is -5.85. The van der Waals surface area contributed by atoms with E-state index in [-0.39, 0.29) is 37.0 Å². The summed E-state index contributed by atoms with van der Waals surface area (Å²) in [5.41, 5.74) is -4.79. The molecule has 12 heteroatoms. The van der Waals surface area contributed by atoms with Crippen LogP contribution in [0.5, 0.6) is 0 Å². The van der Waals surface area contributed by atoms with E-state index < -0.39 is 42.0 Å². The third-order valence-corrected chi connectivity index (χ3v) is 11.9. The zero-order chi connectivity index (χ0) is 26.7. The number of carbonyl (C=O) groups excluding carboxylic acids is 1. The van der Waals surface area contributed by atoms with E-state index >= 15 is 0 Å². The highest BCUT2D eigenvalue weighted by atomic mass is 32.2. The smallest absolute Gasteiger partial charge is 0.445 e. The van der Waals surface area contributed by atoms with Crippen molar-refractivity contribution < 1.29 is 39.7 Å². The molecule has 0 N–H and O–H groups in total. The summed E-state index contributed by atoms with van der Waals surface area (Å²) in [6.45, 7) is 11.6. The topological polar surface area (TPSA) is 82.1 Å². The molecule has 2 atom stereocenters. The molecular weight excluding hydrogens is 503 g/mol. The fourth-order valence-corrected chi connectivity index (χ4v) is 4.70. The van der Waals surface area contributed by atoms with Crippen LogP contribution in [0.4, 0.5) is 18.0 Å². The Morgan fingerprint density at radius 2 is 1.74 bits per heavy atom. The maximum Gasteiger partial charge on any atom is 0.534 e. The molecule has 0 bridgehead atoms. The summed E-state index contributed by atoms with van der Waals surface area (Å²) < 4.78 is 78.5.